The molecule has 1 unspecified atom stereocenters. The predicted molar refractivity (Wildman–Crippen MR) is 123 cm³/mol. The summed E-state index contributed by atoms with van der Waals surface area (Å²) in [6.45, 7) is 6.85. The molecule has 1 fully saturated rings. The largest absolute Gasteiger partial charge is 0.345 e. The molecule has 2 N–H and O–H groups in total. The zero-order chi connectivity index (χ0) is 22.9. The van der Waals surface area contributed by atoms with E-state index < -0.39 is 0 Å². The first kappa shape index (κ1) is 23.4. The number of amides is 2. The van der Waals surface area contributed by atoms with E-state index in [1.54, 1.807) is 6.07 Å². The molecule has 2 aliphatic rings. The van der Waals surface area contributed by atoms with Crippen molar-refractivity contribution in [2.24, 2.45) is 5.92 Å². The van der Waals surface area contributed by atoms with Crippen LogP contribution in [0.2, 0.25) is 0 Å². The Hall–Kier alpha value is -3.31. The van der Waals surface area contributed by atoms with E-state index in [1.807, 2.05) is 46.9 Å². The van der Waals surface area contributed by atoms with Crippen molar-refractivity contribution in [1.29, 1.82) is 5.26 Å². The quantitative estimate of drug-likeness (QED) is 0.510. The Labute approximate surface area is 189 Å². The number of benzene rings is 1. The molecule has 32 heavy (non-hydrogen) atoms. The lowest BCUT2D eigenvalue weighted by atomic mass is 10.00. The molecule has 1 atom stereocenters. The van der Waals surface area contributed by atoms with Crippen molar-refractivity contribution in [3.8, 4) is 6.07 Å². The summed E-state index contributed by atoms with van der Waals surface area (Å²) in [6.07, 6.45) is 6.29. The molecule has 0 spiro atoms. The normalized spacial score (nSPS) is 16.3. The number of anilines is 2. The van der Waals surface area contributed by atoms with Gasteiger partial charge in [-0.05, 0) is 56.4 Å². The number of fused-ring (bicyclic) bond motifs is 1. The number of piperidine rings is 1. The average molecular weight is 438 g/mol. The fourth-order valence-electron chi connectivity index (χ4n) is 3.73. The standard InChI is InChI=1S/C17H18N4O2.C7H13NO/c1-12(7-9-21-8-3-4-13(21)11-18)23-20-16-6-2-5-15-14(16)10-17(22)19-15;1-7-2-4-8(6-9)5-3-7/h2-6,8,12,20H,7,9-10H2,1H3,(H,19,22);6-7H,2-5H2,1H3. The molecular formula is C24H31N5O3. The Morgan fingerprint density at radius 2 is 2.09 bits per heavy atom. The molecule has 8 nitrogen and oxygen atoms in total. The highest BCUT2D eigenvalue weighted by atomic mass is 16.7. The highest BCUT2D eigenvalue weighted by Gasteiger charge is 2.20. The summed E-state index contributed by atoms with van der Waals surface area (Å²) in [7, 11) is 0. The number of likely N-dealkylation sites (tertiary alicyclic amines) is 1. The van der Waals surface area contributed by atoms with E-state index >= 15 is 0 Å². The molecule has 170 valence electrons. The Kier molecular flexibility index (Phi) is 8.28. The molecule has 3 heterocycles. The zero-order valence-electron chi connectivity index (χ0n) is 18.7. The minimum Gasteiger partial charge on any atom is -0.345 e. The molecule has 1 aromatic heterocycles. The van der Waals surface area contributed by atoms with Crippen molar-refractivity contribution in [1.82, 2.24) is 9.47 Å². The van der Waals surface area contributed by atoms with Crippen LogP contribution < -0.4 is 10.8 Å². The number of rotatable bonds is 7. The lowest BCUT2D eigenvalue weighted by Gasteiger charge is -2.26. The van der Waals surface area contributed by atoms with Gasteiger partial charge in [0.05, 0.1) is 18.2 Å². The molecule has 2 amide bonds. The lowest BCUT2D eigenvalue weighted by Crippen LogP contribution is -2.31. The molecule has 8 heteroatoms. The molecular weight excluding hydrogens is 406 g/mol. The second-order valence-electron chi connectivity index (χ2n) is 8.40. The van der Waals surface area contributed by atoms with Crippen LogP contribution in [0.3, 0.4) is 0 Å². The van der Waals surface area contributed by atoms with Crippen LogP contribution in [0.4, 0.5) is 11.4 Å². The van der Waals surface area contributed by atoms with Crippen LogP contribution in [0.25, 0.3) is 0 Å². The van der Waals surface area contributed by atoms with Gasteiger partial charge in [0.25, 0.3) is 0 Å². The summed E-state index contributed by atoms with van der Waals surface area (Å²) >= 11 is 0. The topological polar surface area (TPSA) is 99.4 Å². The van der Waals surface area contributed by atoms with Gasteiger partial charge in [-0.15, -0.1) is 0 Å². The first-order valence-corrected chi connectivity index (χ1v) is 11.1. The fourth-order valence-corrected chi connectivity index (χ4v) is 3.73. The van der Waals surface area contributed by atoms with Gasteiger partial charge in [-0.1, -0.05) is 13.0 Å². The van der Waals surface area contributed by atoms with E-state index in [1.165, 1.54) is 12.8 Å². The molecule has 0 bridgehead atoms. The van der Waals surface area contributed by atoms with Crippen molar-refractivity contribution in [3.63, 3.8) is 0 Å². The Bertz CT molecular complexity index is 957. The third-order valence-corrected chi connectivity index (χ3v) is 5.85. The minimum atomic E-state index is -0.0372. The number of aryl methyl sites for hydroxylation is 1. The molecule has 1 aromatic carbocycles. The van der Waals surface area contributed by atoms with Crippen molar-refractivity contribution in [2.75, 3.05) is 23.9 Å². The highest BCUT2D eigenvalue weighted by molar-refractivity contribution is 6.01. The van der Waals surface area contributed by atoms with E-state index in [4.69, 9.17) is 10.1 Å². The Morgan fingerprint density at radius 1 is 1.31 bits per heavy atom. The highest BCUT2D eigenvalue weighted by Crippen LogP contribution is 2.30. The zero-order valence-corrected chi connectivity index (χ0v) is 18.7. The summed E-state index contributed by atoms with van der Waals surface area (Å²) in [5, 5.41) is 11.8. The summed E-state index contributed by atoms with van der Waals surface area (Å²) in [6, 6.07) is 11.5. The van der Waals surface area contributed by atoms with Gasteiger partial charge in [0, 0.05) is 37.1 Å². The smallest absolute Gasteiger partial charge is 0.228 e. The van der Waals surface area contributed by atoms with Crippen LogP contribution in [0.5, 0.6) is 0 Å². The number of aromatic nitrogens is 1. The van der Waals surface area contributed by atoms with Gasteiger partial charge in [0.1, 0.15) is 11.8 Å². The summed E-state index contributed by atoms with van der Waals surface area (Å²) < 4.78 is 1.91. The molecule has 1 saturated heterocycles. The first-order chi connectivity index (χ1) is 15.5. The number of nitrogens with one attached hydrogen (secondary N) is 2. The van der Waals surface area contributed by atoms with E-state index in [0.717, 1.165) is 48.8 Å². The van der Waals surface area contributed by atoms with Crippen molar-refractivity contribution < 1.29 is 14.4 Å². The van der Waals surface area contributed by atoms with E-state index in [2.05, 4.69) is 23.8 Å². The molecule has 0 radical (unpaired) electrons. The molecule has 2 aromatic rings. The maximum atomic E-state index is 11.5. The Balaban J connectivity index is 0.000000269. The third-order valence-electron chi connectivity index (χ3n) is 5.85. The summed E-state index contributed by atoms with van der Waals surface area (Å²) in [4.78, 5) is 29.2. The number of carbonyl (C=O) groups excluding carboxylic acids is 2. The van der Waals surface area contributed by atoms with Crippen molar-refractivity contribution in [2.45, 2.75) is 52.2 Å². The van der Waals surface area contributed by atoms with Crippen LogP contribution in [0.1, 0.15) is 44.4 Å². The maximum Gasteiger partial charge on any atom is 0.228 e. The first-order valence-electron chi connectivity index (χ1n) is 11.1. The second kappa shape index (κ2) is 11.3. The van der Waals surface area contributed by atoms with Crippen LogP contribution in [-0.2, 0) is 27.4 Å². The van der Waals surface area contributed by atoms with Gasteiger partial charge in [-0.25, -0.2) is 0 Å². The van der Waals surface area contributed by atoms with Gasteiger partial charge in [0.15, 0.2) is 0 Å². The second-order valence-corrected chi connectivity index (χ2v) is 8.40. The average Bonchev–Trinajstić information content (AvgIpc) is 3.42. The number of carbonyl (C=O) groups is 2. The minimum absolute atomic E-state index is 0.000982. The molecule has 0 aliphatic carbocycles. The lowest BCUT2D eigenvalue weighted by molar-refractivity contribution is -0.119. The Morgan fingerprint density at radius 3 is 2.81 bits per heavy atom. The van der Waals surface area contributed by atoms with Gasteiger partial charge >= 0.3 is 0 Å². The number of hydrogen-bond acceptors (Lipinski definition) is 5. The van der Waals surface area contributed by atoms with Crippen molar-refractivity contribution in [3.05, 3.63) is 47.8 Å². The monoisotopic (exact) mass is 437 g/mol. The van der Waals surface area contributed by atoms with E-state index in [-0.39, 0.29) is 12.0 Å². The van der Waals surface area contributed by atoms with Gasteiger partial charge in [0.2, 0.25) is 12.3 Å². The van der Waals surface area contributed by atoms with Crippen LogP contribution in [0.15, 0.2) is 36.5 Å². The van der Waals surface area contributed by atoms with E-state index in [9.17, 15) is 9.59 Å². The molecule has 2 aliphatic heterocycles. The molecule has 0 saturated carbocycles. The van der Waals surface area contributed by atoms with Crippen LogP contribution in [0, 0.1) is 17.2 Å². The van der Waals surface area contributed by atoms with Crippen molar-refractivity contribution >= 4 is 23.7 Å². The number of hydrogen-bond donors (Lipinski definition) is 2. The fraction of sp³-hybridized carbons (Fsp3) is 0.458. The molecule has 4 rings (SSSR count). The van der Waals surface area contributed by atoms with Crippen LogP contribution >= 0.6 is 0 Å². The third kappa shape index (κ3) is 6.34. The van der Waals surface area contributed by atoms with Crippen LogP contribution in [-0.4, -0.2) is 41.0 Å². The number of nitrogens with zero attached hydrogens (tertiary/aromatic N) is 3. The van der Waals surface area contributed by atoms with Gasteiger partial charge < -0.3 is 14.8 Å². The SMILES string of the molecule is CC(CCn1cccc1C#N)ONc1cccc2c1CC(=O)N2.CC1CCN(C=O)CC1. The summed E-state index contributed by atoms with van der Waals surface area (Å²) in [5.74, 6) is 0.820. The van der Waals surface area contributed by atoms with Gasteiger partial charge in [-0.2, -0.15) is 5.26 Å². The van der Waals surface area contributed by atoms with E-state index in [0.29, 0.717) is 18.7 Å². The van der Waals surface area contributed by atoms with Gasteiger partial charge in [-0.3, -0.25) is 19.9 Å². The predicted octanol–water partition coefficient (Wildman–Crippen LogP) is 3.55. The summed E-state index contributed by atoms with van der Waals surface area (Å²) in [5.41, 5.74) is 6.19. The number of nitriles is 1. The maximum absolute atomic E-state index is 11.5.